The van der Waals surface area contributed by atoms with Crippen molar-refractivity contribution >= 4 is 17.4 Å². The molecule has 0 spiro atoms. The number of aromatic nitrogens is 1. The second-order valence-electron chi connectivity index (χ2n) is 8.49. The van der Waals surface area contributed by atoms with Crippen LogP contribution in [0.25, 0.3) is 11.1 Å². The Morgan fingerprint density at radius 3 is 2.45 bits per heavy atom. The lowest BCUT2D eigenvalue weighted by molar-refractivity contribution is -0.00523. The molecule has 3 unspecified atom stereocenters. The smallest absolute Gasteiger partial charge is 0.251 e. The summed E-state index contributed by atoms with van der Waals surface area (Å²) in [5, 5.41) is 12.6. The number of aliphatic hydroxyl groups is 1. The molecule has 0 saturated carbocycles. The van der Waals surface area contributed by atoms with Crippen LogP contribution in [0, 0.1) is 0 Å². The second kappa shape index (κ2) is 10.0. The highest BCUT2D eigenvalue weighted by molar-refractivity contribution is 5.95. The topological polar surface area (TPSA) is 101 Å². The van der Waals surface area contributed by atoms with E-state index in [4.69, 9.17) is 10.5 Å². The number of morpholine rings is 1. The third-order valence-corrected chi connectivity index (χ3v) is 5.84. The molecule has 3 aromatic rings. The summed E-state index contributed by atoms with van der Waals surface area (Å²) in [5.74, 6) is 0.190. The predicted molar refractivity (Wildman–Crippen MR) is 130 cm³/mol. The first-order chi connectivity index (χ1) is 15.9. The first kappa shape index (κ1) is 22.8. The van der Waals surface area contributed by atoms with Crippen molar-refractivity contribution in [2.75, 3.05) is 30.3 Å². The van der Waals surface area contributed by atoms with E-state index in [2.05, 4.69) is 29.0 Å². The van der Waals surface area contributed by atoms with Gasteiger partial charge in [-0.15, -0.1) is 0 Å². The molecule has 172 valence electrons. The fraction of sp³-hybridized carbons (Fsp3) is 0.308. The average Bonchev–Trinajstić information content (AvgIpc) is 2.83. The van der Waals surface area contributed by atoms with Crippen molar-refractivity contribution in [2.24, 2.45) is 0 Å². The van der Waals surface area contributed by atoms with Gasteiger partial charge in [0.15, 0.2) is 0 Å². The zero-order valence-electron chi connectivity index (χ0n) is 18.9. The number of benzene rings is 2. The van der Waals surface area contributed by atoms with Gasteiger partial charge in [-0.2, -0.15) is 0 Å². The SMILES string of the molecule is CC1CN(c2cnc(N)c(-c3ccc(C(=O)NC(CO)c4ccccc4)cc3)c2)CC(C)O1. The molecular weight excluding hydrogens is 416 g/mol. The van der Waals surface area contributed by atoms with E-state index in [1.807, 2.05) is 48.5 Å². The van der Waals surface area contributed by atoms with Crippen molar-refractivity contribution in [2.45, 2.75) is 32.1 Å². The van der Waals surface area contributed by atoms with Crippen LogP contribution in [0.2, 0.25) is 0 Å². The summed E-state index contributed by atoms with van der Waals surface area (Å²) in [4.78, 5) is 19.4. The number of nitrogens with zero attached hydrogens (tertiary/aromatic N) is 2. The molecule has 4 rings (SSSR count). The van der Waals surface area contributed by atoms with Crippen LogP contribution < -0.4 is 16.0 Å². The number of rotatable bonds is 6. The van der Waals surface area contributed by atoms with Crippen LogP contribution in [0.5, 0.6) is 0 Å². The first-order valence-corrected chi connectivity index (χ1v) is 11.2. The molecule has 0 aliphatic carbocycles. The number of anilines is 2. The molecule has 1 amide bonds. The van der Waals surface area contributed by atoms with Gasteiger partial charge in [-0.25, -0.2) is 4.98 Å². The highest BCUT2D eigenvalue weighted by Crippen LogP contribution is 2.30. The van der Waals surface area contributed by atoms with E-state index in [9.17, 15) is 9.90 Å². The third-order valence-electron chi connectivity index (χ3n) is 5.84. The number of amides is 1. The van der Waals surface area contributed by atoms with E-state index in [1.54, 1.807) is 18.3 Å². The van der Waals surface area contributed by atoms with E-state index in [-0.39, 0.29) is 24.7 Å². The van der Waals surface area contributed by atoms with Crippen molar-refractivity contribution < 1.29 is 14.6 Å². The van der Waals surface area contributed by atoms with Crippen molar-refractivity contribution in [3.05, 3.63) is 78.0 Å². The summed E-state index contributed by atoms with van der Waals surface area (Å²) in [5.41, 5.74) is 10.3. The molecule has 1 fully saturated rings. The Labute approximate surface area is 194 Å². The Balaban J connectivity index is 1.51. The number of nitrogens with one attached hydrogen (secondary N) is 1. The molecule has 3 atom stereocenters. The second-order valence-corrected chi connectivity index (χ2v) is 8.49. The Bertz CT molecular complexity index is 1080. The van der Waals surface area contributed by atoms with E-state index < -0.39 is 6.04 Å². The molecule has 2 aromatic carbocycles. The van der Waals surface area contributed by atoms with Crippen LogP contribution in [0.1, 0.15) is 35.8 Å². The Morgan fingerprint density at radius 2 is 1.82 bits per heavy atom. The number of carbonyl (C=O) groups is 1. The van der Waals surface area contributed by atoms with Crippen molar-refractivity contribution in [1.29, 1.82) is 0 Å². The number of nitrogen functional groups attached to an aromatic ring is 1. The fourth-order valence-electron chi connectivity index (χ4n) is 4.22. The number of hydrogen-bond acceptors (Lipinski definition) is 6. The molecule has 0 bridgehead atoms. The monoisotopic (exact) mass is 446 g/mol. The van der Waals surface area contributed by atoms with Gasteiger partial charge in [0.25, 0.3) is 5.91 Å². The van der Waals surface area contributed by atoms with Crippen molar-refractivity contribution in [3.63, 3.8) is 0 Å². The molecule has 1 aliphatic rings. The zero-order chi connectivity index (χ0) is 23.4. The standard InChI is InChI=1S/C26H30N4O3/c1-17-14-30(15-18(2)33-17)22-12-23(25(27)28-13-22)19-8-10-21(11-9-19)26(32)29-24(16-31)20-6-4-3-5-7-20/h3-13,17-18,24,31H,14-16H2,1-2H3,(H2,27,28)(H,29,32). The summed E-state index contributed by atoms with van der Waals surface area (Å²) < 4.78 is 5.84. The van der Waals surface area contributed by atoms with E-state index in [0.29, 0.717) is 11.4 Å². The summed E-state index contributed by atoms with van der Waals surface area (Å²) in [7, 11) is 0. The van der Waals surface area contributed by atoms with Gasteiger partial charge >= 0.3 is 0 Å². The lowest BCUT2D eigenvalue weighted by Crippen LogP contribution is -2.45. The largest absolute Gasteiger partial charge is 0.394 e. The number of pyridine rings is 1. The van der Waals surface area contributed by atoms with Gasteiger partial charge < -0.3 is 25.8 Å². The molecule has 1 aromatic heterocycles. The quantitative estimate of drug-likeness (QED) is 0.537. The highest BCUT2D eigenvalue weighted by atomic mass is 16.5. The maximum absolute atomic E-state index is 12.7. The first-order valence-electron chi connectivity index (χ1n) is 11.2. The van der Waals surface area contributed by atoms with Gasteiger partial charge in [-0.3, -0.25) is 4.79 Å². The molecule has 1 aliphatic heterocycles. The van der Waals surface area contributed by atoms with Gasteiger partial charge in [0, 0.05) is 24.2 Å². The molecule has 0 radical (unpaired) electrons. The summed E-state index contributed by atoms with van der Waals surface area (Å²) in [6.45, 7) is 5.54. The predicted octanol–water partition coefficient (Wildman–Crippen LogP) is 3.41. The minimum absolute atomic E-state index is 0.145. The highest BCUT2D eigenvalue weighted by Gasteiger charge is 2.23. The summed E-state index contributed by atoms with van der Waals surface area (Å²) in [6, 6.07) is 18.2. The number of nitrogens with two attached hydrogens (primary N) is 1. The Morgan fingerprint density at radius 1 is 1.15 bits per heavy atom. The summed E-state index contributed by atoms with van der Waals surface area (Å²) in [6.07, 6.45) is 2.08. The normalized spacial score (nSPS) is 19.2. The minimum atomic E-state index is -0.465. The molecular formula is C26H30N4O3. The van der Waals surface area contributed by atoms with E-state index >= 15 is 0 Å². The number of aliphatic hydroxyl groups excluding tert-OH is 1. The van der Waals surface area contributed by atoms with Crippen LogP contribution in [-0.2, 0) is 4.74 Å². The van der Waals surface area contributed by atoms with Crippen LogP contribution in [0.4, 0.5) is 11.5 Å². The van der Waals surface area contributed by atoms with Gasteiger partial charge in [-0.1, -0.05) is 42.5 Å². The molecule has 33 heavy (non-hydrogen) atoms. The Hall–Kier alpha value is -3.42. The van der Waals surface area contributed by atoms with Gasteiger partial charge in [-0.05, 0) is 43.2 Å². The average molecular weight is 447 g/mol. The number of carbonyl (C=O) groups excluding carboxylic acids is 1. The van der Waals surface area contributed by atoms with Crippen molar-refractivity contribution in [1.82, 2.24) is 10.3 Å². The fourth-order valence-corrected chi connectivity index (χ4v) is 4.22. The molecule has 1 saturated heterocycles. The van der Waals surface area contributed by atoms with Crippen LogP contribution in [0.15, 0.2) is 66.9 Å². The zero-order valence-corrected chi connectivity index (χ0v) is 18.9. The minimum Gasteiger partial charge on any atom is -0.394 e. The van der Waals surface area contributed by atoms with Crippen LogP contribution in [0.3, 0.4) is 0 Å². The maximum Gasteiger partial charge on any atom is 0.251 e. The molecule has 7 heteroatoms. The van der Waals surface area contributed by atoms with Crippen molar-refractivity contribution in [3.8, 4) is 11.1 Å². The van der Waals surface area contributed by atoms with Crippen LogP contribution in [-0.4, -0.2) is 47.9 Å². The molecule has 7 nitrogen and oxygen atoms in total. The Kier molecular flexibility index (Phi) is 6.91. The van der Waals surface area contributed by atoms with Crippen LogP contribution >= 0.6 is 0 Å². The lowest BCUT2D eigenvalue weighted by atomic mass is 10.0. The number of ether oxygens (including phenoxy) is 1. The number of hydrogen-bond donors (Lipinski definition) is 3. The molecule has 2 heterocycles. The summed E-state index contributed by atoms with van der Waals surface area (Å²) >= 11 is 0. The van der Waals surface area contributed by atoms with Gasteiger partial charge in [0.05, 0.1) is 36.7 Å². The molecule has 4 N–H and O–H groups in total. The van der Waals surface area contributed by atoms with Gasteiger partial charge in [0.2, 0.25) is 0 Å². The third kappa shape index (κ3) is 5.32. The van der Waals surface area contributed by atoms with E-state index in [0.717, 1.165) is 35.5 Å². The lowest BCUT2D eigenvalue weighted by Gasteiger charge is -2.36. The van der Waals surface area contributed by atoms with E-state index in [1.165, 1.54) is 0 Å². The van der Waals surface area contributed by atoms with Gasteiger partial charge in [0.1, 0.15) is 5.82 Å². The maximum atomic E-state index is 12.7.